The van der Waals surface area contributed by atoms with Crippen LogP contribution in [0.5, 0.6) is 0 Å². The Bertz CT molecular complexity index is 1010. The fourth-order valence-electron chi connectivity index (χ4n) is 4.83. The van der Waals surface area contributed by atoms with Crippen molar-refractivity contribution in [2.24, 2.45) is 0 Å². The summed E-state index contributed by atoms with van der Waals surface area (Å²) in [6.45, 7) is 8.03. The van der Waals surface area contributed by atoms with Gasteiger partial charge < -0.3 is 30.8 Å². The first-order valence-corrected chi connectivity index (χ1v) is 12.3. The molecule has 2 aliphatic rings. The molecule has 8 nitrogen and oxygen atoms in total. The van der Waals surface area contributed by atoms with Gasteiger partial charge in [0.05, 0.1) is 11.9 Å². The summed E-state index contributed by atoms with van der Waals surface area (Å²) in [4.78, 5) is 4.50. The molecule has 35 heavy (non-hydrogen) atoms. The lowest BCUT2D eigenvalue weighted by molar-refractivity contribution is 0.0312. The molecule has 0 amide bonds. The Balaban J connectivity index is 1.57. The normalized spacial score (nSPS) is 20.9. The number of nitrogens with zero attached hydrogens (tertiary/aromatic N) is 2. The molecule has 1 aromatic heterocycles. The number of halogens is 2. The zero-order valence-corrected chi connectivity index (χ0v) is 20.1. The summed E-state index contributed by atoms with van der Waals surface area (Å²) in [5.74, 6) is -0.0410. The zero-order chi connectivity index (χ0) is 24.8. The smallest absolute Gasteiger partial charge is 0.210 e. The third kappa shape index (κ3) is 5.99. The van der Waals surface area contributed by atoms with Crippen LogP contribution in [-0.4, -0.2) is 47.7 Å². The quantitative estimate of drug-likeness (QED) is 0.349. The molecule has 4 N–H and O–H groups in total. The van der Waals surface area contributed by atoms with Crippen molar-refractivity contribution in [3.8, 4) is 0 Å². The number of rotatable bonds is 10. The fraction of sp³-hybridized carbons (Fsp3) is 0.520. The Morgan fingerprint density at radius 1 is 1.20 bits per heavy atom. The number of benzene rings is 1. The van der Waals surface area contributed by atoms with Crippen LogP contribution < -0.4 is 16.0 Å². The predicted molar refractivity (Wildman–Crippen MR) is 132 cm³/mol. The number of imidazole rings is 1. The molecule has 2 fully saturated rings. The Hall–Kier alpha value is -2.98. The highest BCUT2D eigenvalue weighted by atomic mass is 19.1. The van der Waals surface area contributed by atoms with Crippen LogP contribution in [0.1, 0.15) is 57.2 Å². The molecule has 2 aromatic rings. The number of ether oxygens (including phenoxy) is 2. The van der Waals surface area contributed by atoms with E-state index in [1.807, 2.05) is 11.5 Å². The summed E-state index contributed by atoms with van der Waals surface area (Å²) in [7, 11) is 0. The minimum Gasteiger partial charge on any atom is -0.381 e. The maximum atomic E-state index is 14.4. The van der Waals surface area contributed by atoms with Gasteiger partial charge in [-0.05, 0) is 57.6 Å². The highest BCUT2D eigenvalue weighted by Crippen LogP contribution is 2.34. The molecule has 0 radical (unpaired) electrons. The lowest BCUT2D eigenvalue weighted by Gasteiger charge is -2.31. The third-order valence-electron chi connectivity index (χ3n) is 6.55. The maximum absolute atomic E-state index is 14.4. The standard InChI is InChI=1S/C25H34F2N6O2/c1-3-35-19-9-7-17(8-10-19)29-16(2)30-24-22(15-28)31-25(33(24)18-11-13-34-14-12-18)32-23-20(26)5-4-6-21(23)27/h4-6,15,17-19,28-30H,2-3,7-14H2,1H3,(H,31,32). The van der Waals surface area contributed by atoms with Crippen LogP contribution in [0, 0.1) is 17.0 Å². The highest BCUT2D eigenvalue weighted by molar-refractivity contribution is 5.84. The van der Waals surface area contributed by atoms with Crippen LogP contribution in [-0.2, 0) is 9.47 Å². The second-order valence-electron chi connectivity index (χ2n) is 8.93. The van der Waals surface area contributed by atoms with Crippen molar-refractivity contribution in [3.05, 3.63) is 47.9 Å². The monoisotopic (exact) mass is 488 g/mol. The second kappa shape index (κ2) is 11.6. The van der Waals surface area contributed by atoms with Gasteiger partial charge in [0.1, 0.15) is 28.8 Å². The van der Waals surface area contributed by atoms with Crippen LogP contribution >= 0.6 is 0 Å². The van der Waals surface area contributed by atoms with Crippen molar-refractivity contribution in [2.75, 3.05) is 30.5 Å². The van der Waals surface area contributed by atoms with E-state index in [2.05, 4.69) is 27.5 Å². The van der Waals surface area contributed by atoms with Crippen LogP contribution in [0.2, 0.25) is 0 Å². The third-order valence-corrected chi connectivity index (χ3v) is 6.55. The maximum Gasteiger partial charge on any atom is 0.210 e. The van der Waals surface area contributed by atoms with E-state index in [-0.39, 0.29) is 23.7 Å². The summed E-state index contributed by atoms with van der Waals surface area (Å²) in [5, 5.41) is 17.5. The Labute approximate surface area is 204 Å². The van der Waals surface area contributed by atoms with Gasteiger partial charge in [-0.2, -0.15) is 0 Å². The molecular formula is C25H34F2N6O2. The minimum absolute atomic E-state index is 0.0285. The molecule has 1 saturated heterocycles. The molecule has 4 rings (SSSR count). The lowest BCUT2D eigenvalue weighted by atomic mass is 9.93. The Morgan fingerprint density at radius 3 is 2.51 bits per heavy atom. The van der Waals surface area contributed by atoms with Gasteiger partial charge >= 0.3 is 0 Å². The van der Waals surface area contributed by atoms with E-state index < -0.39 is 11.6 Å². The van der Waals surface area contributed by atoms with Crippen molar-refractivity contribution >= 4 is 23.7 Å². The number of para-hydroxylation sites is 1. The fourth-order valence-corrected chi connectivity index (χ4v) is 4.83. The molecule has 0 spiro atoms. The van der Waals surface area contributed by atoms with E-state index in [9.17, 15) is 8.78 Å². The van der Waals surface area contributed by atoms with Gasteiger partial charge in [0, 0.05) is 38.1 Å². The van der Waals surface area contributed by atoms with E-state index in [0.29, 0.717) is 49.5 Å². The van der Waals surface area contributed by atoms with Crippen molar-refractivity contribution in [1.82, 2.24) is 14.9 Å². The van der Waals surface area contributed by atoms with Gasteiger partial charge in [0.25, 0.3) is 0 Å². The van der Waals surface area contributed by atoms with Gasteiger partial charge in [0.15, 0.2) is 0 Å². The molecule has 1 aromatic carbocycles. The molecule has 2 heterocycles. The average molecular weight is 489 g/mol. The Morgan fingerprint density at radius 2 is 1.89 bits per heavy atom. The molecule has 1 saturated carbocycles. The van der Waals surface area contributed by atoms with Crippen molar-refractivity contribution in [1.29, 1.82) is 5.41 Å². The first-order chi connectivity index (χ1) is 17.0. The summed E-state index contributed by atoms with van der Waals surface area (Å²) in [6.07, 6.45) is 6.78. The molecule has 10 heteroatoms. The van der Waals surface area contributed by atoms with E-state index in [1.54, 1.807) is 0 Å². The van der Waals surface area contributed by atoms with Gasteiger partial charge in [0.2, 0.25) is 5.95 Å². The lowest BCUT2D eigenvalue weighted by Crippen LogP contribution is -2.36. The average Bonchev–Trinajstić information content (AvgIpc) is 3.20. The predicted octanol–water partition coefficient (Wildman–Crippen LogP) is 5.07. The largest absolute Gasteiger partial charge is 0.381 e. The van der Waals surface area contributed by atoms with Crippen LogP contribution in [0.25, 0.3) is 0 Å². The van der Waals surface area contributed by atoms with Crippen LogP contribution in [0.15, 0.2) is 30.6 Å². The van der Waals surface area contributed by atoms with E-state index >= 15 is 0 Å². The van der Waals surface area contributed by atoms with E-state index in [0.717, 1.165) is 38.5 Å². The number of hydrogen-bond acceptors (Lipinski definition) is 7. The molecule has 0 atom stereocenters. The van der Waals surface area contributed by atoms with Crippen molar-refractivity contribution < 1.29 is 18.3 Å². The number of hydrogen-bond donors (Lipinski definition) is 4. The molecule has 1 aliphatic carbocycles. The first kappa shape index (κ1) is 25.1. The molecule has 190 valence electrons. The molecule has 0 bridgehead atoms. The van der Waals surface area contributed by atoms with E-state index in [4.69, 9.17) is 14.9 Å². The Kier molecular flexibility index (Phi) is 8.35. The van der Waals surface area contributed by atoms with E-state index in [1.165, 1.54) is 18.2 Å². The molecule has 0 unspecified atom stereocenters. The topological polar surface area (TPSA) is 96.2 Å². The molecular weight excluding hydrogens is 454 g/mol. The summed E-state index contributed by atoms with van der Waals surface area (Å²) >= 11 is 0. The van der Waals surface area contributed by atoms with Crippen LogP contribution in [0.3, 0.4) is 0 Å². The second-order valence-corrected chi connectivity index (χ2v) is 8.93. The minimum atomic E-state index is -0.717. The number of anilines is 3. The van der Waals surface area contributed by atoms with Gasteiger partial charge in [-0.3, -0.25) is 4.57 Å². The number of aromatic nitrogens is 2. The van der Waals surface area contributed by atoms with Gasteiger partial charge in [-0.1, -0.05) is 12.6 Å². The summed E-state index contributed by atoms with van der Waals surface area (Å²) < 4.78 is 41.9. The van der Waals surface area contributed by atoms with Crippen molar-refractivity contribution in [3.63, 3.8) is 0 Å². The van der Waals surface area contributed by atoms with Crippen LogP contribution in [0.4, 0.5) is 26.2 Å². The SMILES string of the molecule is C=C(Nc1c(C=N)nc(Nc2c(F)cccc2F)n1C1CCOCC1)NC1CCC(OCC)CC1. The van der Waals surface area contributed by atoms with Gasteiger partial charge in [-0.15, -0.1) is 0 Å². The summed E-state index contributed by atoms with van der Waals surface area (Å²) in [6, 6.07) is 3.93. The zero-order valence-electron chi connectivity index (χ0n) is 20.1. The first-order valence-electron chi connectivity index (χ1n) is 12.3. The van der Waals surface area contributed by atoms with Gasteiger partial charge in [-0.25, -0.2) is 13.8 Å². The number of nitrogens with one attached hydrogen (secondary N) is 4. The summed E-state index contributed by atoms with van der Waals surface area (Å²) in [5.41, 5.74) is 0.0654. The van der Waals surface area contributed by atoms with Crippen molar-refractivity contribution in [2.45, 2.75) is 63.6 Å². The molecule has 1 aliphatic heterocycles. The highest BCUT2D eigenvalue weighted by Gasteiger charge is 2.27.